The first-order valence-electron chi connectivity index (χ1n) is 11.0. The van der Waals surface area contributed by atoms with Gasteiger partial charge in [0.05, 0.1) is 16.6 Å². The smallest absolute Gasteiger partial charge is 0.259 e. The second kappa shape index (κ2) is 8.37. The first-order valence-corrected chi connectivity index (χ1v) is 11.0. The first-order chi connectivity index (χ1) is 16.7. The summed E-state index contributed by atoms with van der Waals surface area (Å²) in [5.41, 5.74) is 3.98. The van der Waals surface area contributed by atoms with Gasteiger partial charge in [0.1, 0.15) is 24.7 Å². The SMILES string of the molecule is O=c1[nH]c(/C=C/c2cn(-c3ccccc3)nc2-c2ccc3c(c2)OCCO3)nc2ccccc12. The summed E-state index contributed by atoms with van der Waals surface area (Å²) in [5.74, 6) is 1.91. The number of nitrogens with one attached hydrogen (secondary N) is 1. The molecule has 34 heavy (non-hydrogen) atoms. The number of nitrogens with zero attached hydrogens (tertiary/aromatic N) is 3. The highest BCUT2D eigenvalue weighted by atomic mass is 16.6. The largest absolute Gasteiger partial charge is 0.486 e. The van der Waals surface area contributed by atoms with E-state index in [-0.39, 0.29) is 5.56 Å². The molecule has 0 fully saturated rings. The highest BCUT2D eigenvalue weighted by Gasteiger charge is 2.16. The summed E-state index contributed by atoms with van der Waals surface area (Å²) in [6.45, 7) is 1.06. The number of fused-ring (bicyclic) bond motifs is 2. The predicted molar refractivity (Wildman–Crippen MR) is 131 cm³/mol. The molecule has 0 bridgehead atoms. The van der Waals surface area contributed by atoms with Gasteiger partial charge < -0.3 is 14.5 Å². The van der Waals surface area contributed by atoms with Crippen LogP contribution in [0.5, 0.6) is 11.5 Å². The van der Waals surface area contributed by atoms with Gasteiger partial charge in [0.2, 0.25) is 0 Å². The van der Waals surface area contributed by atoms with E-state index in [2.05, 4.69) is 9.97 Å². The molecule has 1 aliphatic rings. The molecular weight excluding hydrogens is 428 g/mol. The van der Waals surface area contributed by atoms with E-state index in [9.17, 15) is 4.79 Å². The Balaban J connectivity index is 1.45. The summed E-state index contributed by atoms with van der Waals surface area (Å²) in [5, 5.41) is 5.42. The number of H-pyrrole nitrogens is 1. The normalized spacial score (nSPS) is 12.9. The third kappa shape index (κ3) is 3.73. The number of benzene rings is 3. The number of ether oxygens (including phenoxy) is 2. The van der Waals surface area contributed by atoms with Crippen LogP contribution in [0.2, 0.25) is 0 Å². The minimum atomic E-state index is -0.169. The molecule has 3 heterocycles. The molecule has 7 nitrogen and oxygen atoms in total. The van der Waals surface area contributed by atoms with Gasteiger partial charge in [0.15, 0.2) is 11.5 Å². The number of hydrogen-bond acceptors (Lipinski definition) is 5. The van der Waals surface area contributed by atoms with Crippen molar-refractivity contribution < 1.29 is 9.47 Å². The minimum Gasteiger partial charge on any atom is -0.486 e. The Morgan fingerprint density at radius 2 is 1.68 bits per heavy atom. The van der Waals surface area contributed by atoms with Crippen molar-refractivity contribution in [1.82, 2.24) is 19.7 Å². The second-order valence-corrected chi connectivity index (χ2v) is 7.87. The summed E-state index contributed by atoms with van der Waals surface area (Å²) in [6, 6.07) is 23.0. The van der Waals surface area contributed by atoms with Gasteiger partial charge in [-0.05, 0) is 54.6 Å². The van der Waals surface area contributed by atoms with E-state index in [1.54, 1.807) is 12.1 Å². The fourth-order valence-electron chi connectivity index (χ4n) is 3.99. The van der Waals surface area contributed by atoms with Crippen LogP contribution < -0.4 is 15.0 Å². The van der Waals surface area contributed by atoms with Crippen molar-refractivity contribution in [3.63, 3.8) is 0 Å². The molecule has 0 aliphatic carbocycles. The van der Waals surface area contributed by atoms with E-state index >= 15 is 0 Å². The molecule has 1 aliphatic heterocycles. The number of para-hydroxylation sites is 2. The molecule has 6 rings (SSSR count). The first kappa shape index (κ1) is 20.0. The van der Waals surface area contributed by atoms with Crippen molar-refractivity contribution in [3.05, 3.63) is 101 Å². The van der Waals surface area contributed by atoms with Gasteiger partial charge in [0.25, 0.3) is 5.56 Å². The molecule has 3 aromatic carbocycles. The zero-order valence-electron chi connectivity index (χ0n) is 18.1. The quantitative estimate of drug-likeness (QED) is 0.430. The van der Waals surface area contributed by atoms with E-state index in [0.29, 0.717) is 35.7 Å². The van der Waals surface area contributed by atoms with Gasteiger partial charge in [-0.3, -0.25) is 4.79 Å². The van der Waals surface area contributed by atoms with Crippen molar-refractivity contribution in [2.45, 2.75) is 0 Å². The maximum atomic E-state index is 12.5. The summed E-state index contributed by atoms with van der Waals surface area (Å²) >= 11 is 0. The van der Waals surface area contributed by atoms with Crippen molar-refractivity contribution in [3.8, 4) is 28.4 Å². The molecular formula is C27H20N4O3. The Hall–Kier alpha value is -4.65. The monoisotopic (exact) mass is 448 g/mol. The Bertz CT molecular complexity index is 1590. The summed E-state index contributed by atoms with van der Waals surface area (Å²) in [6.07, 6.45) is 5.66. The fourth-order valence-corrected chi connectivity index (χ4v) is 3.99. The second-order valence-electron chi connectivity index (χ2n) is 7.87. The van der Waals surface area contributed by atoms with Gasteiger partial charge >= 0.3 is 0 Å². The van der Waals surface area contributed by atoms with Crippen LogP contribution in [0.3, 0.4) is 0 Å². The highest BCUT2D eigenvalue weighted by Crippen LogP contribution is 2.35. The lowest BCUT2D eigenvalue weighted by atomic mass is 10.1. The van der Waals surface area contributed by atoms with Crippen LogP contribution in [0.4, 0.5) is 0 Å². The van der Waals surface area contributed by atoms with Crippen LogP contribution in [0.25, 0.3) is 40.0 Å². The lowest BCUT2D eigenvalue weighted by molar-refractivity contribution is 0.171. The molecule has 0 unspecified atom stereocenters. The van der Waals surface area contributed by atoms with Crippen LogP contribution in [-0.2, 0) is 0 Å². The Labute approximate surface area is 194 Å². The van der Waals surface area contributed by atoms with E-state index in [0.717, 1.165) is 28.3 Å². The molecule has 0 radical (unpaired) electrons. The number of aromatic amines is 1. The van der Waals surface area contributed by atoms with Gasteiger partial charge in [-0.25, -0.2) is 9.67 Å². The van der Waals surface area contributed by atoms with Crippen LogP contribution in [0, 0.1) is 0 Å². The van der Waals surface area contributed by atoms with Crippen LogP contribution in [0.15, 0.2) is 83.8 Å². The van der Waals surface area contributed by atoms with Crippen molar-refractivity contribution in [2.75, 3.05) is 13.2 Å². The Morgan fingerprint density at radius 3 is 2.56 bits per heavy atom. The maximum absolute atomic E-state index is 12.5. The zero-order chi connectivity index (χ0) is 22.9. The summed E-state index contributed by atoms with van der Waals surface area (Å²) in [4.78, 5) is 19.9. The summed E-state index contributed by atoms with van der Waals surface area (Å²) < 4.78 is 13.3. The molecule has 0 atom stereocenters. The zero-order valence-corrected chi connectivity index (χ0v) is 18.1. The molecule has 7 heteroatoms. The van der Waals surface area contributed by atoms with E-state index in [4.69, 9.17) is 14.6 Å². The molecule has 0 saturated carbocycles. The number of aromatic nitrogens is 4. The van der Waals surface area contributed by atoms with Crippen molar-refractivity contribution in [2.24, 2.45) is 0 Å². The molecule has 2 aromatic heterocycles. The lowest BCUT2D eigenvalue weighted by Crippen LogP contribution is -2.15. The maximum Gasteiger partial charge on any atom is 0.259 e. The van der Waals surface area contributed by atoms with E-state index in [1.807, 2.05) is 83.7 Å². The number of hydrogen-bond donors (Lipinski definition) is 1. The number of rotatable bonds is 4. The van der Waals surface area contributed by atoms with Gasteiger partial charge in [-0.15, -0.1) is 0 Å². The average Bonchev–Trinajstić information content (AvgIpc) is 3.32. The minimum absolute atomic E-state index is 0.169. The fraction of sp³-hybridized carbons (Fsp3) is 0.0741. The molecule has 0 amide bonds. The van der Waals surface area contributed by atoms with Crippen molar-refractivity contribution >= 4 is 23.1 Å². The van der Waals surface area contributed by atoms with E-state index < -0.39 is 0 Å². The molecule has 0 saturated heterocycles. The lowest BCUT2D eigenvalue weighted by Gasteiger charge is -2.18. The predicted octanol–water partition coefficient (Wildman–Crippen LogP) is 4.72. The van der Waals surface area contributed by atoms with Crippen LogP contribution in [0.1, 0.15) is 11.4 Å². The van der Waals surface area contributed by atoms with Gasteiger partial charge in [-0.2, -0.15) is 5.10 Å². The Kier molecular flexibility index (Phi) is 4.92. The van der Waals surface area contributed by atoms with Crippen molar-refractivity contribution in [1.29, 1.82) is 0 Å². The third-order valence-corrected chi connectivity index (χ3v) is 5.63. The molecule has 0 spiro atoms. The highest BCUT2D eigenvalue weighted by molar-refractivity contribution is 5.81. The van der Waals surface area contributed by atoms with Crippen LogP contribution in [-0.4, -0.2) is 33.0 Å². The third-order valence-electron chi connectivity index (χ3n) is 5.63. The molecule has 166 valence electrons. The standard InChI is InChI=1S/C27H20N4O3/c32-27-21-8-4-5-9-22(21)28-25(29-27)13-11-19-17-31(20-6-2-1-3-7-20)30-26(19)18-10-12-23-24(16-18)34-15-14-33-23/h1-13,16-17H,14-15H2,(H,28,29,32)/b13-11+. The average molecular weight is 448 g/mol. The van der Waals surface area contributed by atoms with Gasteiger partial charge in [-0.1, -0.05) is 30.3 Å². The van der Waals surface area contributed by atoms with E-state index in [1.165, 1.54) is 0 Å². The van der Waals surface area contributed by atoms with Gasteiger partial charge in [0, 0.05) is 17.3 Å². The topological polar surface area (TPSA) is 82.0 Å². The van der Waals surface area contributed by atoms with Crippen LogP contribution >= 0.6 is 0 Å². The summed E-state index contributed by atoms with van der Waals surface area (Å²) in [7, 11) is 0. The Morgan fingerprint density at radius 1 is 0.882 bits per heavy atom. The molecule has 1 N–H and O–H groups in total. The molecule has 5 aromatic rings.